The molecule has 186 valence electrons. The molecule has 2 aromatic carbocycles. The van der Waals surface area contributed by atoms with Crippen LogP contribution >= 0.6 is 0 Å². The van der Waals surface area contributed by atoms with E-state index in [1.807, 2.05) is 36.4 Å². The van der Waals surface area contributed by atoms with Gasteiger partial charge < -0.3 is 29.3 Å². The Labute approximate surface area is 206 Å². The molecule has 3 heterocycles. The average Bonchev–Trinajstić information content (AvgIpc) is 2.92. The maximum absolute atomic E-state index is 13.0. The van der Waals surface area contributed by atoms with Gasteiger partial charge in [0, 0.05) is 48.9 Å². The number of ether oxygens (including phenoxy) is 3. The number of nitrogens with one attached hydrogen (secondary N) is 1. The minimum absolute atomic E-state index is 0.00705. The molecule has 0 saturated carbocycles. The number of ketones is 1. The van der Waals surface area contributed by atoms with Crippen molar-refractivity contribution in [2.45, 2.75) is 19.3 Å². The number of carbonyl (C=O) groups excluding carboxylic acids is 2. The highest BCUT2D eigenvalue weighted by molar-refractivity contribution is 5.98. The largest absolute Gasteiger partial charge is 0.486 e. The van der Waals surface area contributed by atoms with Crippen molar-refractivity contribution >= 4 is 23.1 Å². The summed E-state index contributed by atoms with van der Waals surface area (Å²) in [6.45, 7) is 6.68. The highest BCUT2D eigenvalue weighted by Gasteiger charge is 2.27. The number of likely N-dealkylation sites (tertiary alicyclic amines) is 1. The van der Waals surface area contributed by atoms with E-state index in [4.69, 9.17) is 14.2 Å². The Hall–Kier alpha value is -3.10. The maximum Gasteiger partial charge on any atom is 0.225 e. The van der Waals surface area contributed by atoms with E-state index in [1.54, 1.807) is 6.07 Å². The summed E-state index contributed by atoms with van der Waals surface area (Å²) in [6.07, 6.45) is 2.04. The van der Waals surface area contributed by atoms with Gasteiger partial charge in [-0.2, -0.15) is 0 Å². The topological polar surface area (TPSA) is 80.3 Å². The van der Waals surface area contributed by atoms with Gasteiger partial charge in [0.15, 0.2) is 17.3 Å². The van der Waals surface area contributed by atoms with E-state index in [0.717, 1.165) is 63.6 Å². The molecule has 1 amide bonds. The number of nitrogens with zero attached hydrogens (tertiary/aromatic N) is 2. The van der Waals surface area contributed by atoms with E-state index in [2.05, 4.69) is 15.1 Å². The van der Waals surface area contributed by atoms with Gasteiger partial charge in [0.2, 0.25) is 5.91 Å². The minimum atomic E-state index is 0.00705. The molecular formula is C27H33N3O5. The lowest BCUT2D eigenvalue weighted by Gasteiger charge is -2.31. The summed E-state index contributed by atoms with van der Waals surface area (Å²) < 4.78 is 16.6. The van der Waals surface area contributed by atoms with Crippen molar-refractivity contribution in [3.63, 3.8) is 0 Å². The Morgan fingerprint density at radius 1 is 0.857 bits per heavy atom. The summed E-state index contributed by atoms with van der Waals surface area (Å²) in [5, 5.41) is 3.00. The fourth-order valence-electron chi connectivity index (χ4n) is 4.91. The van der Waals surface area contributed by atoms with Crippen LogP contribution in [0, 0.1) is 5.92 Å². The number of hydrogen-bond acceptors (Lipinski definition) is 7. The number of benzene rings is 2. The number of hydrogen-bond donors (Lipinski definition) is 1. The summed E-state index contributed by atoms with van der Waals surface area (Å²) in [6, 6.07) is 13.5. The first-order valence-electron chi connectivity index (χ1n) is 12.5. The van der Waals surface area contributed by atoms with Gasteiger partial charge in [0.25, 0.3) is 0 Å². The van der Waals surface area contributed by atoms with Crippen LogP contribution in [0.5, 0.6) is 11.5 Å². The SMILES string of the molecule is O=C(CCN1CCC(C(=O)c2ccc3c(c2)OCCO3)CC1)Nc1ccc(N2CCOCC2)cc1. The number of morpholine rings is 1. The molecule has 0 atom stereocenters. The number of Topliss-reactive ketones (excluding diaryl/α,β-unsaturated/α-hetero) is 1. The number of carbonyl (C=O) groups is 2. The summed E-state index contributed by atoms with van der Waals surface area (Å²) >= 11 is 0. The normalized spacial score (nSPS) is 18.8. The smallest absolute Gasteiger partial charge is 0.225 e. The van der Waals surface area contributed by atoms with Crippen molar-refractivity contribution in [3.05, 3.63) is 48.0 Å². The van der Waals surface area contributed by atoms with Crippen LogP contribution in [-0.2, 0) is 9.53 Å². The lowest BCUT2D eigenvalue weighted by Crippen LogP contribution is -2.38. The molecule has 1 N–H and O–H groups in total. The first-order chi connectivity index (χ1) is 17.2. The first kappa shape index (κ1) is 23.6. The third-order valence-electron chi connectivity index (χ3n) is 6.97. The zero-order valence-electron chi connectivity index (χ0n) is 20.0. The van der Waals surface area contributed by atoms with Crippen LogP contribution in [0.1, 0.15) is 29.6 Å². The van der Waals surface area contributed by atoms with Crippen molar-refractivity contribution in [1.29, 1.82) is 0 Å². The van der Waals surface area contributed by atoms with Crippen molar-refractivity contribution in [2.24, 2.45) is 5.92 Å². The molecule has 0 bridgehead atoms. The number of rotatable bonds is 7. The van der Waals surface area contributed by atoms with Gasteiger partial charge >= 0.3 is 0 Å². The maximum atomic E-state index is 13.0. The third kappa shape index (κ3) is 5.94. The molecule has 8 heteroatoms. The third-order valence-corrected chi connectivity index (χ3v) is 6.97. The molecule has 2 saturated heterocycles. The average molecular weight is 480 g/mol. The predicted octanol–water partition coefficient (Wildman–Crippen LogP) is 3.22. The molecule has 35 heavy (non-hydrogen) atoms. The van der Waals surface area contributed by atoms with Crippen molar-refractivity contribution in [2.75, 3.05) is 69.4 Å². The second-order valence-electron chi connectivity index (χ2n) is 9.28. The molecule has 5 rings (SSSR count). The molecule has 0 radical (unpaired) electrons. The highest BCUT2D eigenvalue weighted by Crippen LogP contribution is 2.32. The van der Waals surface area contributed by atoms with Gasteiger partial charge in [0.05, 0.1) is 13.2 Å². The molecule has 8 nitrogen and oxygen atoms in total. The summed E-state index contributed by atoms with van der Waals surface area (Å²) in [5.74, 6) is 1.54. The monoisotopic (exact) mass is 479 g/mol. The summed E-state index contributed by atoms with van der Waals surface area (Å²) in [4.78, 5) is 30.0. The molecule has 3 aliphatic heterocycles. The van der Waals surface area contributed by atoms with Crippen LogP contribution in [0.2, 0.25) is 0 Å². The van der Waals surface area contributed by atoms with E-state index in [-0.39, 0.29) is 17.6 Å². The van der Waals surface area contributed by atoms with Gasteiger partial charge in [-0.3, -0.25) is 9.59 Å². The van der Waals surface area contributed by atoms with E-state index in [9.17, 15) is 9.59 Å². The second-order valence-corrected chi connectivity index (χ2v) is 9.28. The van der Waals surface area contributed by atoms with E-state index in [0.29, 0.717) is 43.2 Å². The number of piperidine rings is 1. The Balaban J connectivity index is 1.04. The van der Waals surface area contributed by atoms with Crippen LogP contribution < -0.4 is 19.7 Å². The molecule has 3 aliphatic rings. The minimum Gasteiger partial charge on any atom is -0.486 e. The fraction of sp³-hybridized carbons (Fsp3) is 0.481. The van der Waals surface area contributed by atoms with Crippen LogP contribution in [0.15, 0.2) is 42.5 Å². The Morgan fingerprint density at radius 3 is 2.31 bits per heavy atom. The van der Waals surface area contributed by atoms with Crippen LogP contribution in [0.4, 0.5) is 11.4 Å². The van der Waals surface area contributed by atoms with Crippen molar-refractivity contribution < 1.29 is 23.8 Å². The predicted molar refractivity (Wildman–Crippen MR) is 134 cm³/mol. The van der Waals surface area contributed by atoms with Gasteiger partial charge in [-0.25, -0.2) is 0 Å². The Kier molecular flexibility index (Phi) is 7.49. The van der Waals surface area contributed by atoms with Gasteiger partial charge in [-0.05, 0) is 68.4 Å². The number of amides is 1. The van der Waals surface area contributed by atoms with Crippen LogP contribution in [-0.4, -0.2) is 75.7 Å². The van der Waals surface area contributed by atoms with Crippen molar-refractivity contribution in [3.8, 4) is 11.5 Å². The Bertz CT molecular complexity index is 1030. The van der Waals surface area contributed by atoms with E-state index < -0.39 is 0 Å². The standard InChI is InChI=1S/C27H33N3O5/c31-26(28-22-2-4-23(5-3-22)30-13-15-33-16-14-30)9-12-29-10-7-20(8-11-29)27(32)21-1-6-24-25(19-21)35-18-17-34-24/h1-6,19-20H,7-18H2,(H,28,31). The quantitative estimate of drug-likeness (QED) is 0.611. The van der Waals surface area contributed by atoms with Crippen molar-refractivity contribution in [1.82, 2.24) is 4.90 Å². The number of fused-ring (bicyclic) bond motifs is 1. The summed E-state index contributed by atoms with van der Waals surface area (Å²) in [7, 11) is 0. The summed E-state index contributed by atoms with van der Waals surface area (Å²) in [5.41, 5.74) is 2.66. The molecule has 0 aromatic heterocycles. The Morgan fingerprint density at radius 2 is 1.57 bits per heavy atom. The zero-order chi connectivity index (χ0) is 24.0. The molecule has 2 fully saturated rings. The lowest BCUT2D eigenvalue weighted by molar-refractivity contribution is -0.116. The molecule has 2 aromatic rings. The van der Waals surface area contributed by atoms with Gasteiger partial charge in [0.1, 0.15) is 13.2 Å². The molecule has 0 unspecified atom stereocenters. The zero-order valence-corrected chi connectivity index (χ0v) is 20.0. The van der Waals surface area contributed by atoms with Crippen LogP contribution in [0.3, 0.4) is 0 Å². The van der Waals surface area contributed by atoms with E-state index in [1.165, 1.54) is 0 Å². The second kappa shape index (κ2) is 11.1. The highest BCUT2D eigenvalue weighted by atomic mass is 16.6. The molecule has 0 spiro atoms. The van der Waals surface area contributed by atoms with Crippen LogP contribution in [0.25, 0.3) is 0 Å². The van der Waals surface area contributed by atoms with E-state index >= 15 is 0 Å². The lowest BCUT2D eigenvalue weighted by atomic mass is 9.88. The first-order valence-corrected chi connectivity index (χ1v) is 12.5. The molecular weight excluding hydrogens is 446 g/mol. The number of anilines is 2. The fourth-order valence-corrected chi connectivity index (χ4v) is 4.91. The molecule has 0 aliphatic carbocycles. The van der Waals surface area contributed by atoms with Gasteiger partial charge in [-0.1, -0.05) is 0 Å². The van der Waals surface area contributed by atoms with Gasteiger partial charge in [-0.15, -0.1) is 0 Å².